The molecule has 1 aromatic heterocycles. The van der Waals surface area contributed by atoms with E-state index < -0.39 is 0 Å². The standard InChI is InChI=1S/C11H16N2O/c1-9-11(3-2-6-12-9)14-8-7-13-10-4-5-10/h2-3,6,10,13H,4-5,7-8H2,1H3. The lowest BCUT2D eigenvalue weighted by atomic mass is 10.3. The Hall–Kier alpha value is -1.09. The Morgan fingerprint density at radius 2 is 2.43 bits per heavy atom. The summed E-state index contributed by atoms with van der Waals surface area (Å²) in [5.74, 6) is 0.894. The van der Waals surface area contributed by atoms with Crippen molar-refractivity contribution in [2.75, 3.05) is 13.2 Å². The second kappa shape index (κ2) is 4.42. The maximum absolute atomic E-state index is 5.59. The molecule has 0 amide bonds. The second-order valence-corrected chi connectivity index (χ2v) is 3.66. The van der Waals surface area contributed by atoms with Crippen LogP contribution >= 0.6 is 0 Å². The first kappa shape index (κ1) is 9.46. The highest BCUT2D eigenvalue weighted by atomic mass is 16.5. The summed E-state index contributed by atoms with van der Waals surface area (Å²) in [6.45, 7) is 3.62. The first-order chi connectivity index (χ1) is 6.86. The van der Waals surface area contributed by atoms with E-state index in [2.05, 4.69) is 10.3 Å². The SMILES string of the molecule is Cc1ncccc1OCCNC1CC1. The number of ether oxygens (including phenoxy) is 1. The molecule has 0 spiro atoms. The molecule has 0 radical (unpaired) electrons. The molecule has 1 heterocycles. The molecule has 2 rings (SSSR count). The Labute approximate surface area is 84.5 Å². The van der Waals surface area contributed by atoms with E-state index in [1.807, 2.05) is 19.1 Å². The molecule has 0 atom stereocenters. The maximum atomic E-state index is 5.59. The van der Waals surface area contributed by atoms with Crippen LogP contribution < -0.4 is 10.1 Å². The molecule has 1 N–H and O–H groups in total. The Morgan fingerprint density at radius 1 is 1.57 bits per heavy atom. The fourth-order valence-electron chi connectivity index (χ4n) is 1.33. The van der Waals surface area contributed by atoms with Gasteiger partial charge in [-0.25, -0.2) is 0 Å². The summed E-state index contributed by atoms with van der Waals surface area (Å²) in [5, 5.41) is 3.40. The highest BCUT2D eigenvalue weighted by Crippen LogP contribution is 2.18. The predicted octanol–water partition coefficient (Wildman–Crippen LogP) is 1.52. The number of hydrogen-bond acceptors (Lipinski definition) is 3. The molecular formula is C11H16N2O. The van der Waals surface area contributed by atoms with Crippen LogP contribution in [0.1, 0.15) is 18.5 Å². The van der Waals surface area contributed by atoms with Gasteiger partial charge in [0.2, 0.25) is 0 Å². The minimum absolute atomic E-state index is 0.725. The number of nitrogens with one attached hydrogen (secondary N) is 1. The van der Waals surface area contributed by atoms with Gasteiger partial charge in [-0.1, -0.05) is 0 Å². The quantitative estimate of drug-likeness (QED) is 0.718. The van der Waals surface area contributed by atoms with Gasteiger partial charge < -0.3 is 10.1 Å². The first-order valence-electron chi connectivity index (χ1n) is 5.14. The average Bonchev–Trinajstić information content (AvgIpc) is 2.99. The van der Waals surface area contributed by atoms with E-state index in [1.54, 1.807) is 6.20 Å². The zero-order valence-electron chi connectivity index (χ0n) is 8.49. The minimum atomic E-state index is 0.725. The monoisotopic (exact) mass is 192 g/mol. The van der Waals surface area contributed by atoms with Crippen molar-refractivity contribution in [3.63, 3.8) is 0 Å². The molecule has 3 heteroatoms. The molecule has 1 aromatic rings. The normalized spacial score (nSPS) is 15.5. The van der Waals surface area contributed by atoms with Crippen molar-refractivity contribution < 1.29 is 4.74 Å². The molecule has 1 saturated carbocycles. The summed E-state index contributed by atoms with van der Waals surface area (Å²) in [5.41, 5.74) is 0.957. The zero-order chi connectivity index (χ0) is 9.80. The van der Waals surface area contributed by atoms with E-state index in [0.717, 1.165) is 30.6 Å². The van der Waals surface area contributed by atoms with Gasteiger partial charge in [0.1, 0.15) is 12.4 Å². The van der Waals surface area contributed by atoms with Crippen LogP contribution in [0.2, 0.25) is 0 Å². The van der Waals surface area contributed by atoms with Crippen LogP contribution in [0.15, 0.2) is 18.3 Å². The molecule has 14 heavy (non-hydrogen) atoms. The lowest BCUT2D eigenvalue weighted by molar-refractivity contribution is 0.310. The van der Waals surface area contributed by atoms with Crippen LogP contribution in [0.3, 0.4) is 0 Å². The number of nitrogens with zero attached hydrogens (tertiary/aromatic N) is 1. The lowest BCUT2D eigenvalue weighted by Crippen LogP contribution is -2.23. The van der Waals surface area contributed by atoms with Gasteiger partial charge in [-0.15, -0.1) is 0 Å². The van der Waals surface area contributed by atoms with Crippen molar-refractivity contribution in [1.29, 1.82) is 0 Å². The van der Waals surface area contributed by atoms with E-state index in [9.17, 15) is 0 Å². The van der Waals surface area contributed by atoms with Crippen LogP contribution in [-0.2, 0) is 0 Å². The summed E-state index contributed by atoms with van der Waals surface area (Å²) < 4.78 is 5.59. The van der Waals surface area contributed by atoms with Crippen molar-refractivity contribution >= 4 is 0 Å². The summed E-state index contributed by atoms with van der Waals surface area (Å²) >= 11 is 0. The fraction of sp³-hybridized carbons (Fsp3) is 0.545. The molecule has 1 aliphatic rings. The summed E-state index contributed by atoms with van der Waals surface area (Å²) in [7, 11) is 0. The van der Waals surface area contributed by atoms with E-state index in [0.29, 0.717) is 0 Å². The van der Waals surface area contributed by atoms with Gasteiger partial charge in [-0.3, -0.25) is 4.98 Å². The Kier molecular flexibility index (Phi) is 2.99. The van der Waals surface area contributed by atoms with Crippen LogP contribution in [0.25, 0.3) is 0 Å². The van der Waals surface area contributed by atoms with Crippen LogP contribution in [0.4, 0.5) is 0 Å². The fourth-order valence-corrected chi connectivity index (χ4v) is 1.33. The Bertz CT molecular complexity index is 297. The van der Waals surface area contributed by atoms with Crippen molar-refractivity contribution in [2.45, 2.75) is 25.8 Å². The average molecular weight is 192 g/mol. The van der Waals surface area contributed by atoms with Gasteiger partial charge in [-0.2, -0.15) is 0 Å². The third-order valence-electron chi connectivity index (χ3n) is 2.33. The second-order valence-electron chi connectivity index (χ2n) is 3.66. The predicted molar refractivity (Wildman–Crippen MR) is 55.5 cm³/mol. The summed E-state index contributed by atoms with van der Waals surface area (Å²) in [4.78, 5) is 4.16. The largest absolute Gasteiger partial charge is 0.490 e. The molecule has 1 aliphatic carbocycles. The zero-order valence-corrected chi connectivity index (χ0v) is 8.49. The first-order valence-corrected chi connectivity index (χ1v) is 5.14. The Morgan fingerprint density at radius 3 is 3.14 bits per heavy atom. The number of aryl methyl sites for hydroxylation is 1. The third-order valence-corrected chi connectivity index (χ3v) is 2.33. The molecule has 76 valence electrons. The molecule has 0 unspecified atom stereocenters. The van der Waals surface area contributed by atoms with Crippen molar-refractivity contribution in [3.8, 4) is 5.75 Å². The number of rotatable bonds is 5. The number of aromatic nitrogens is 1. The highest BCUT2D eigenvalue weighted by Gasteiger charge is 2.19. The van der Waals surface area contributed by atoms with Gasteiger partial charge in [-0.05, 0) is 31.9 Å². The minimum Gasteiger partial charge on any atom is -0.490 e. The molecule has 0 aromatic carbocycles. The molecule has 1 fully saturated rings. The van der Waals surface area contributed by atoms with Crippen LogP contribution in [-0.4, -0.2) is 24.2 Å². The summed E-state index contributed by atoms with van der Waals surface area (Å²) in [6.07, 6.45) is 4.43. The Balaban J connectivity index is 1.71. The van der Waals surface area contributed by atoms with Crippen LogP contribution in [0, 0.1) is 6.92 Å². The number of hydrogen-bond donors (Lipinski definition) is 1. The van der Waals surface area contributed by atoms with Gasteiger partial charge in [0.05, 0.1) is 5.69 Å². The molecule has 3 nitrogen and oxygen atoms in total. The molecular weight excluding hydrogens is 176 g/mol. The topological polar surface area (TPSA) is 34.1 Å². The molecule has 0 aliphatic heterocycles. The van der Waals surface area contributed by atoms with E-state index >= 15 is 0 Å². The smallest absolute Gasteiger partial charge is 0.140 e. The van der Waals surface area contributed by atoms with Crippen molar-refractivity contribution in [1.82, 2.24) is 10.3 Å². The van der Waals surface area contributed by atoms with Gasteiger partial charge in [0.25, 0.3) is 0 Å². The van der Waals surface area contributed by atoms with E-state index in [4.69, 9.17) is 4.74 Å². The van der Waals surface area contributed by atoms with Crippen molar-refractivity contribution in [2.24, 2.45) is 0 Å². The van der Waals surface area contributed by atoms with Crippen LogP contribution in [0.5, 0.6) is 5.75 Å². The van der Waals surface area contributed by atoms with Gasteiger partial charge in [0.15, 0.2) is 0 Å². The third kappa shape index (κ3) is 2.70. The lowest BCUT2D eigenvalue weighted by Gasteiger charge is -2.08. The van der Waals surface area contributed by atoms with Crippen molar-refractivity contribution in [3.05, 3.63) is 24.0 Å². The molecule has 0 bridgehead atoms. The molecule has 0 saturated heterocycles. The number of pyridine rings is 1. The highest BCUT2D eigenvalue weighted by molar-refractivity contribution is 5.25. The maximum Gasteiger partial charge on any atom is 0.140 e. The van der Waals surface area contributed by atoms with E-state index in [-0.39, 0.29) is 0 Å². The van der Waals surface area contributed by atoms with Gasteiger partial charge >= 0.3 is 0 Å². The van der Waals surface area contributed by atoms with Gasteiger partial charge in [0, 0.05) is 18.8 Å². The van der Waals surface area contributed by atoms with E-state index in [1.165, 1.54) is 12.8 Å². The summed E-state index contributed by atoms with van der Waals surface area (Å²) in [6, 6.07) is 4.62.